The zero-order valence-corrected chi connectivity index (χ0v) is 17.7. The van der Waals surface area contributed by atoms with Gasteiger partial charge in [-0.3, -0.25) is 19.1 Å². The molecule has 0 radical (unpaired) electrons. The fourth-order valence-electron chi connectivity index (χ4n) is 3.94. The summed E-state index contributed by atoms with van der Waals surface area (Å²) >= 11 is 0. The first kappa shape index (κ1) is 20.8. The first-order valence-corrected chi connectivity index (χ1v) is 10.4. The predicted octanol–water partition coefficient (Wildman–Crippen LogP) is 0.787. The highest BCUT2D eigenvalue weighted by Crippen LogP contribution is 2.18. The molecule has 31 heavy (non-hydrogen) atoms. The van der Waals surface area contributed by atoms with Crippen LogP contribution in [-0.4, -0.2) is 58.6 Å². The zero-order chi connectivity index (χ0) is 22.0. The second kappa shape index (κ2) is 8.73. The Balaban J connectivity index is 1.42. The van der Waals surface area contributed by atoms with Gasteiger partial charge in [-0.1, -0.05) is 0 Å². The Morgan fingerprint density at radius 3 is 2.48 bits per heavy atom. The minimum Gasteiger partial charge on any atom is -0.369 e. The number of pyridine rings is 1. The van der Waals surface area contributed by atoms with Crippen molar-refractivity contribution >= 4 is 22.6 Å². The SMILES string of the molecule is CCn1c(=O)[nH]c2cc(CN3CCN(c4ccc(C(=O)NC)cc4)CC3)cnc2c1=O. The van der Waals surface area contributed by atoms with Crippen molar-refractivity contribution in [1.82, 2.24) is 24.8 Å². The molecule has 4 rings (SSSR count). The number of amides is 1. The third kappa shape index (κ3) is 4.22. The van der Waals surface area contributed by atoms with Gasteiger partial charge >= 0.3 is 5.69 Å². The average Bonchev–Trinajstić information content (AvgIpc) is 2.79. The fourth-order valence-corrected chi connectivity index (χ4v) is 3.94. The number of aromatic amines is 1. The number of hydrogen-bond donors (Lipinski definition) is 2. The number of hydrogen-bond acceptors (Lipinski definition) is 6. The molecule has 1 fully saturated rings. The van der Waals surface area contributed by atoms with Crippen LogP contribution in [-0.2, 0) is 13.1 Å². The molecule has 0 spiro atoms. The quantitative estimate of drug-likeness (QED) is 0.630. The molecule has 0 aliphatic carbocycles. The molecule has 9 nitrogen and oxygen atoms in total. The van der Waals surface area contributed by atoms with E-state index in [4.69, 9.17) is 0 Å². The summed E-state index contributed by atoms with van der Waals surface area (Å²) in [4.78, 5) is 47.8. The van der Waals surface area contributed by atoms with Gasteiger partial charge in [0, 0.05) is 63.8 Å². The molecule has 3 aromatic rings. The molecular formula is C22H26N6O3. The maximum atomic E-state index is 12.4. The number of carbonyl (C=O) groups excluding carboxylic acids is 1. The number of anilines is 1. The van der Waals surface area contributed by atoms with Gasteiger partial charge in [-0.25, -0.2) is 9.78 Å². The maximum absolute atomic E-state index is 12.4. The normalized spacial score (nSPS) is 14.7. The minimum absolute atomic E-state index is 0.0877. The van der Waals surface area contributed by atoms with Crippen molar-refractivity contribution in [3.05, 3.63) is 68.5 Å². The predicted molar refractivity (Wildman–Crippen MR) is 120 cm³/mol. The third-order valence-electron chi connectivity index (χ3n) is 5.70. The highest BCUT2D eigenvalue weighted by Gasteiger charge is 2.18. The molecule has 9 heteroatoms. The van der Waals surface area contributed by atoms with Crippen molar-refractivity contribution in [2.45, 2.75) is 20.0 Å². The molecule has 1 amide bonds. The lowest BCUT2D eigenvalue weighted by Crippen LogP contribution is -2.46. The Kier molecular flexibility index (Phi) is 5.85. The van der Waals surface area contributed by atoms with Crippen LogP contribution < -0.4 is 21.5 Å². The number of H-pyrrole nitrogens is 1. The molecule has 3 heterocycles. The highest BCUT2D eigenvalue weighted by atomic mass is 16.2. The Labute approximate surface area is 179 Å². The number of carbonyl (C=O) groups is 1. The summed E-state index contributed by atoms with van der Waals surface area (Å²) < 4.78 is 1.15. The smallest absolute Gasteiger partial charge is 0.328 e. The Bertz CT molecular complexity index is 1210. The Morgan fingerprint density at radius 2 is 1.84 bits per heavy atom. The molecule has 1 saturated heterocycles. The number of nitrogens with one attached hydrogen (secondary N) is 2. The summed E-state index contributed by atoms with van der Waals surface area (Å²) in [6, 6.07) is 9.48. The van der Waals surface area contributed by atoms with E-state index in [2.05, 4.69) is 25.1 Å². The second-order valence-electron chi connectivity index (χ2n) is 7.61. The number of aromatic nitrogens is 3. The lowest BCUT2D eigenvalue weighted by molar-refractivity contribution is 0.0963. The molecule has 0 unspecified atom stereocenters. The van der Waals surface area contributed by atoms with Crippen LogP contribution in [0.3, 0.4) is 0 Å². The van der Waals surface area contributed by atoms with Crippen molar-refractivity contribution < 1.29 is 4.79 Å². The number of benzene rings is 1. The summed E-state index contributed by atoms with van der Waals surface area (Å²) in [5.41, 5.74) is 2.71. The average molecular weight is 422 g/mol. The molecule has 162 valence electrons. The van der Waals surface area contributed by atoms with Gasteiger partial charge < -0.3 is 15.2 Å². The number of nitrogens with zero attached hydrogens (tertiary/aromatic N) is 4. The van der Waals surface area contributed by atoms with Gasteiger partial charge in [0.25, 0.3) is 11.5 Å². The first-order chi connectivity index (χ1) is 15.0. The Hall–Kier alpha value is -3.46. The summed E-state index contributed by atoms with van der Waals surface area (Å²) in [6.45, 7) is 6.27. The van der Waals surface area contributed by atoms with Crippen LogP contribution in [0.1, 0.15) is 22.8 Å². The summed E-state index contributed by atoms with van der Waals surface area (Å²) in [5.74, 6) is -0.0877. The molecule has 0 saturated carbocycles. The lowest BCUT2D eigenvalue weighted by atomic mass is 10.1. The Morgan fingerprint density at radius 1 is 1.13 bits per heavy atom. The van der Waals surface area contributed by atoms with Crippen molar-refractivity contribution in [3.8, 4) is 0 Å². The first-order valence-electron chi connectivity index (χ1n) is 10.4. The van der Waals surface area contributed by atoms with E-state index in [1.807, 2.05) is 30.3 Å². The molecule has 0 bridgehead atoms. The van der Waals surface area contributed by atoms with Crippen LogP contribution in [0.15, 0.2) is 46.1 Å². The van der Waals surface area contributed by atoms with E-state index in [9.17, 15) is 14.4 Å². The van der Waals surface area contributed by atoms with E-state index in [-0.39, 0.29) is 17.0 Å². The molecule has 1 aliphatic rings. The lowest BCUT2D eigenvalue weighted by Gasteiger charge is -2.36. The van der Waals surface area contributed by atoms with Crippen LogP contribution in [0.5, 0.6) is 0 Å². The largest absolute Gasteiger partial charge is 0.369 e. The summed E-state index contributed by atoms with van der Waals surface area (Å²) in [7, 11) is 1.62. The van der Waals surface area contributed by atoms with E-state index in [1.165, 1.54) is 0 Å². The molecule has 0 atom stereocenters. The van der Waals surface area contributed by atoms with Gasteiger partial charge in [-0.2, -0.15) is 0 Å². The maximum Gasteiger partial charge on any atom is 0.328 e. The standard InChI is InChI=1S/C22H26N6O3/c1-3-28-21(30)19-18(25-22(28)31)12-15(13-24-19)14-26-8-10-27(11-9-26)17-6-4-16(5-7-17)20(29)23-2/h4-7,12-13H,3,8-11,14H2,1-2H3,(H,23,29)(H,25,31). The van der Waals surface area contributed by atoms with Crippen molar-refractivity contribution in [2.24, 2.45) is 0 Å². The van der Waals surface area contributed by atoms with Crippen LogP contribution in [0, 0.1) is 0 Å². The van der Waals surface area contributed by atoms with Crippen molar-refractivity contribution in [2.75, 3.05) is 38.1 Å². The monoisotopic (exact) mass is 422 g/mol. The number of rotatable bonds is 5. The van der Waals surface area contributed by atoms with E-state index >= 15 is 0 Å². The summed E-state index contributed by atoms with van der Waals surface area (Å²) in [6.07, 6.45) is 1.71. The third-order valence-corrected chi connectivity index (χ3v) is 5.70. The molecular weight excluding hydrogens is 396 g/mol. The van der Waals surface area contributed by atoms with E-state index in [1.54, 1.807) is 20.2 Å². The van der Waals surface area contributed by atoms with Gasteiger partial charge in [0.15, 0.2) is 5.52 Å². The molecule has 1 aromatic carbocycles. The van der Waals surface area contributed by atoms with Crippen molar-refractivity contribution in [3.63, 3.8) is 0 Å². The van der Waals surface area contributed by atoms with Gasteiger partial charge in [-0.05, 0) is 42.8 Å². The highest BCUT2D eigenvalue weighted by molar-refractivity contribution is 5.94. The number of fused-ring (bicyclic) bond motifs is 1. The van der Waals surface area contributed by atoms with Crippen LogP contribution in [0.2, 0.25) is 0 Å². The van der Waals surface area contributed by atoms with Gasteiger partial charge in [0.05, 0.1) is 5.52 Å². The van der Waals surface area contributed by atoms with Crippen molar-refractivity contribution in [1.29, 1.82) is 0 Å². The van der Waals surface area contributed by atoms with Crippen LogP contribution in [0.4, 0.5) is 5.69 Å². The minimum atomic E-state index is -0.407. The van der Waals surface area contributed by atoms with Gasteiger partial charge in [0.2, 0.25) is 0 Å². The van der Waals surface area contributed by atoms with E-state index in [0.717, 1.165) is 42.0 Å². The molecule has 2 N–H and O–H groups in total. The fraction of sp³-hybridized carbons (Fsp3) is 0.364. The summed E-state index contributed by atoms with van der Waals surface area (Å²) in [5, 5.41) is 2.63. The van der Waals surface area contributed by atoms with Gasteiger partial charge in [0.1, 0.15) is 0 Å². The van der Waals surface area contributed by atoms with E-state index < -0.39 is 5.69 Å². The van der Waals surface area contributed by atoms with Gasteiger partial charge in [-0.15, -0.1) is 0 Å². The van der Waals surface area contributed by atoms with Crippen LogP contribution in [0.25, 0.3) is 11.0 Å². The zero-order valence-electron chi connectivity index (χ0n) is 17.7. The molecule has 2 aromatic heterocycles. The second-order valence-corrected chi connectivity index (χ2v) is 7.61. The van der Waals surface area contributed by atoms with Crippen LogP contribution >= 0.6 is 0 Å². The topological polar surface area (TPSA) is 103 Å². The molecule has 1 aliphatic heterocycles. The van der Waals surface area contributed by atoms with E-state index in [0.29, 0.717) is 24.2 Å². The number of piperazine rings is 1.